The van der Waals surface area contributed by atoms with Crippen LogP contribution in [0.2, 0.25) is 0 Å². The lowest BCUT2D eigenvalue weighted by Crippen LogP contribution is -2.52. The first-order valence-electron chi connectivity index (χ1n) is 7.69. The van der Waals surface area contributed by atoms with Gasteiger partial charge in [0.1, 0.15) is 6.61 Å². The molecule has 2 atom stereocenters. The standard InChI is InChI=1S/C17H25NO2/c1-3-4-8-14(2)11-16-12-17(19)18(16)20-13-15-9-6-5-7-10-15/h5-7,9-10,14,16H,3-4,8,11-13H2,1-2H3/t14?,16-/m0/s1. The molecule has 0 N–H and O–H groups in total. The van der Waals surface area contributed by atoms with Crippen LogP contribution in [0.3, 0.4) is 0 Å². The van der Waals surface area contributed by atoms with Crippen molar-refractivity contribution in [3.05, 3.63) is 35.9 Å². The van der Waals surface area contributed by atoms with Crippen molar-refractivity contribution in [3.63, 3.8) is 0 Å². The predicted octanol–water partition coefficient (Wildman–Crippen LogP) is 3.94. The highest BCUT2D eigenvalue weighted by molar-refractivity contribution is 5.81. The number of amides is 1. The van der Waals surface area contributed by atoms with Gasteiger partial charge in [-0.25, -0.2) is 5.06 Å². The molecule has 1 fully saturated rings. The Morgan fingerprint density at radius 2 is 2.10 bits per heavy atom. The normalized spacial score (nSPS) is 19.8. The predicted molar refractivity (Wildman–Crippen MR) is 79.8 cm³/mol. The van der Waals surface area contributed by atoms with Gasteiger partial charge in [-0.1, -0.05) is 63.4 Å². The van der Waals surface area contributed by atoms with E-state index in [9.17, 15) is 4.79 Å². The fourth-order valence-electron chi connectivity index (χ4n) is 2.68. The molecule has 1 aromatic rings. The molecule has 1 heterocycles. The van der Waals surface area contributed by atoms with E-state index in [2.05, 4.69) is 13.8 Å². The van der Waals surface area contributed by atoms with Crippen molar-refractivity contribution in [2.75, 3.05) is 0 Å². The zero-order valence-electron chi connectivity index (χ0n) is 12.5. The molecule has 0 radical (unpaired) electrons. The molecule has 0 spiro atoms. The van der Waals surface area contributed by atoms with E-state index in [0.717, 1.165) is 12.0 Å². The molecule has 2 rings (SSSR count). The van der Waals surface area contributed by atoms with Gasteiger partial charge in [0.2, 0.25) is 5.91 Å². The third-order valence-corrected chi connectivity index (χ3v) is 3.93. The van der Waals surface area contributed by atoms with E-state index in [1.165, 1.54) is 19.3 Å². The Morgan fingerprint density at radius 3 is 2.75 bits per heavy atom. The van der Waals surface area contributed by atoms with Crippen molar-refractivity contribution in [2.45, 2.75) is 58.6 Å². The van der Waals surface area contributed by atoms with E-state index in [0.29, 0.717) is 18.9 Å². The molecular formula is C17H25NO2. The van der Waals surface area contributed by atoms with Gasteiger partial charge in [0.15, 0.2) is 0 Å². The average molecular weight is 275 g/mol. The quantitative estimate of drug-likeness (QED) is 0.673. The third kappa shape index (κ3) is 4.07. The number of unbranched alkanes of at least 4 members (excludes halogenated alkanes) is 1. The van der Waals surface area contributed by atoms with Crippen LogP contribution in [0.15, 0.2) is 30.3 Å². The van der Waals surface area contributed by atoms with Crippen molar-refractivity contribution in [1.82, 2.24) is 5.06 Å². The second-order valence-corrected chi connectivity index (χ2v) is 5.82. The van der Waals surface area contributed by atoms with Gasteiger partial charge in [0.25, 0.3) is 0 Å². The summed E-state index contributed by atoms with van der Waals surface area (Å²) in [6, 6.07) is 10.3. The van der Waals surface area contributed by atoms with E-state index in [1.807, 2.05) is 30.3 Å². The molecule has 1 saturated heterocycles. The number of carbonyl (C=O) groups excluding carboxylic acids is 1. The van der Waals surface area contributed by atoms with Gasteiger partial charge in [-0.2, -0.15) is 0 Å². The number of hydroxylamine groups is 2. The highest BCUT2D eigenvalue weighted by Gasteiger charge is 2.37. The van der Waals surface area contributed by atoms with Crippen LogP contribution in [0.1, 0.15) is 51.5 Å². The Balaban J connectivity index is 1.76. The van der Waals surface area contributed by atoms with Gasteiger partial charge in [0.05, 0.1) is 12.5 Å². The topological polar surface area (TPSA) is 29.5 Å². The third-order valence-electron chi connectivity index (χ3n) is 3.93. The van der Waals surface area contributed by atoms with E-state index < -0.39 is 0 Å². The largest absolute Gasteiger partial charge is 0.272 e. The fraction of sp³-hybridized carbons (Fsp3) is 0.588. The highest BCUT2D eigenvalue weighted by Crippen LogP contribution is 2.28. The second-order valence-electron chi connectivity index (χ2n) is 5.82. The molecule has 110 valence electrons. The molecule has 1 aliphatic heterocycles. The van der Waals surface area contributed by atoms with Crippen LogP contribution in [-0.4, -0.2) is 17.0 Å². The Morgan fingerprint density at radius 1 is 1.35 bits per heavy atom. The van der Waals surface area contributed by atoms with Crippen molar-refractivity contribution in [3.8, 4) is 0 Å². The van der Waals surface area contributed by atoms with Gasteiger partial charge < -0.3 is 0 Å². The van der Waals surface area contributed by atoms with Crippen molar-refractivity contribution >= 4 is 5.91 Å². The number of β-lactam (4-membered cyclic amide) rings is 1. The van der Waals surface area contributed by atoms with Crippen LogP contribution in [-0.2, 0) is 16.2 Å². The van der Waals surface area contributed by atoms with Crippen LogP contribution >= 0.6 is 0 Å². The minimum Gasteiger partial charge on any atom is -0.272 e. The van der Waals surface area contributed by atoms with Gasteiger partial charge in [-0.15, -0.1) is 0 Å². The molecule has 0 bridgehead atoms. The number of hydrogen-bond acceptors (Lipinski definition) is 2. The summed E-state index contributed by atoms with van der Waals surface area (Å²) < 4.78 is 0. The number of nitrogens with zero attached hydrogens (tertiary/aromatic N) is 1. The zero-order chi connectivity index (χ0) is 14.4. The fourth-order valence-corrected chi connectivity index (χ4v) is 2.68. The zero-order valence-corrected chi connectivity index (χ0v) is 12.5. The SMILES string of the molecule is CCCCC(C)C[C@H]1CC(=O)N1OCc1ccccc1. The van der Waals surface area contributed by atoms with Crippen LogP contribution < -0.4 is 0 Å². The van der Waals surface area contributed by atoms with Crippen molar-refractivity contribution in [1.29, 1.82) is 0 Å². The maximum absolute atomic E-state index is 11.7. The monoisotopic (exact) mass is 275 g/mol. The summed E-state index contributed by atoms with van der Waals surface area (Å²) in [6.07, 6.45) is 5.45. The first-order chi connectivity index (χ1) is 9.70. The Kier molecular flexibility index (Phi) is 5.60. The molecule has 1 aliphatic rings. The summed E-state index contributed by atoms with van der Waals surface area (Å²) in [7, 11) is 0. The molecule has 1 unspecified atom stereocenters. The summed E-state index contributed by atoms with van der Waals surface area (Å²) >= 11 is 0. The van der Waals surface area contributed by atoms with E-state index in [4.69, 9.17) is 4.84 Å². The smallest absolute Gasteiger partial charge is 0.248 e. The van der Waals surface area contributed by atoms with Gasteiger partial charge in [-0.3, -0.25) is 9.63 Å². The molecule has 0 aliphatic carbocycles. The summed E-state index contributed by atoms with van der Waals surface area (Å²) in [6.45, 7) is 4.97. The van der Waals surface area contributed by atoms with E-state index in [1.54, 1.807) is 5.06 Å². The lowest BCUT2D eigenvalue weighted by atomic mass is 9.91. The van der Waals surface area contributed by atoms with Crippen LogP contribution in [0.25, 0.3) is 0 Å². The Labute approximate surface area is 121 Å². The van der Waals surface area contributed by atoms with Gasteiger partial charge in [0, 0.05) is 0 Å². The summed E-state index contributed by atoms with van der Waals surface area (Å²) in [5.41, 5.74) is 1.10. The van der Waals surface area contributed by atoms with Crippen molar-refractivity contribution < 1.29 is 9.63 Å². The first-order valence-corrected chi connectivity index (χ1v) is 7.69. The van der Waals surface area contributed by atoms with Crippen LogP contribution in [0, 0.1) is 5.92 Å². The molecule has 1 aromatic carbocycles. The second kappa shape index (κ2) is 7.44. The lowest BCUT2D eigenvalue weighted by Gasteiger charge is -2.40. The number of benzene rings is 1. The van der Waals surface area contributed by atoms with Crippen LogP contribution in [0.5, 0.6) is 0 Å². The van der Waals surface area contributed by atoms with Crippen LogP contribution in [0.4, 0.5) is 0 Å². The maximum atomic E-state index is 11.7. The minimum atomic E-state index is 0.119. The molecule has 3 nitrogen and oxygen atoms in total. The Hall–Kier alpha value is -1.35. The Bertz CT molecular complexity index is 418. The summed E-state index contributed by atoms with van der Waals surface area (Å²) in [4.78, 5) is 17.3. The summed E-state index contributed by atoms with van der Waals surface area (Å²) in [5.74, 6) is 0.782. The molecule has 0 aromatic heterocycles. The number of carbonyl (C=O) groups is 1. The summed E-state index contributed by atoms with van der Waals surface area (Å²) in [5, 5.41) is 1.59. The highest BCUT2D eigenvalue weighted by atomic mass is 16.7. The number of hydrogen-bond donors (Lipinski definition) is 0. The lowest BCUT2D eigenvalue weighted by molar-refractivity contribution is -0.235. The van der Waals surface area contributed by atoms with Gasteiger partial charge in [-0.05, 0) is 17.9 Å². The number of rotatable bonds is 8. The van der Waals surface area contributed by atoms with Gasteiger partial charge >= 0.3 is 0 Å². The molecule has 20 heavy (non-hydrogen) atoms. The van der Waals surface area contributed by atoms with E-state index in [-0.39, 0.29) is 11.9 Å². The van der Waals surface area contributed by atoms with Crippen molar-refractivity contribution in [2.24, 2.45) is 5.92 Å². The van der Waals surface area contributed by atoms with E-state index >= 15 is 0 Å². The maximum Gasteiger partial charge on any atom is 0.248 e. The minimum absolute atomic E-state index is 0.119. The molecule has 3 heteroatoms. The molecule has 0 saturated carbocycles. The molecule has 1 amide bonds. The molecular weight excluding hydrogens is 250 g/mol. The first kappa shape index (κ1) is 15.0. The average Bonchev–Trinajstić information content (AvgIpc) is 2.45.